The van der Waals surface area contributed by atoms with Gasteiger partial charge in [-0.1, -0.05) is 6.92 Å². The van der Waals surface area contributed by atoms with Gasteiger partial charge in [0.15, 0.2) is 5.13 Å². The van der Waals surface area contributed by atoms with Crippen molar-refractivity contribution in [1.82, 2.24) is 4.98 Å². The third-order valence-corrected chi connectivity index (χ3v) is 3.63. The molecule has 0 aliphatic carbocycles. The van der Waals surface area contributed by atoms with Gasteiger partial charge in [-0.2, -0.15) is 0 Å². The SMILES string of the molecule is CC1CC(N)CN(c2ncc([N+](=O)[O-])s2)C1. The summed E-state index contributed by atoms with van der Waals surface area (Å²) in [5, 5.41) is 11.3. The van der Waals surface area contributed by atoms with Gasteiger partial charge in [-0.05, 0) is 23.7 Å². The number of thiazole rings is 1. The van der Waals surface area contributed by atoms with Gasteiger partial charge in [-0.3, -0.25) is 10.1 Å². The monoisotopic (exact) mass is 242 g/mol. The van der Waals surface area contributed by atoms with E-state index in [1.54, 1.807) is 0 Å². The van der Waals surface area contributed by atoms with Gasteiger partial charge in [0, 0.05) is 19.1 Å². The van der Waals surface area contributed by atoms with Crippen LogP contribution < -0.4 is 10.6 Å². The predicted octanol–water partition coefficient (Wildman–Crippen LogP) is 1.22. The van der Waals surface area contributed by atoms with Crippen LogP contribution in [0.1, 0.15) is 13.3 Å². The summed E-state index contributed by atoms with van der Waals surface area (Å²) < 4.78 is 0. The molecule has 1 aliphatic rings. The molecule has 1 aromatic rings. The number of nitrogens with two attached hydrogens (primary N) is 1. The first kappa shape index (κ1) is 11.3. The van der Waals surface area contributed by atoms with Crippen LogP contribution in [0.4, 0.5) is 10.1 Å². The lowest BCUT2D eigenvalue weighted by Crippen LogP contribution is -2.46. The van der Waals surface area contributed by atoms with Gasteiger partial charge >= 0.3 is 5.00 Å². The first-order valence-corrected chi connectivity index (χ1v) is 5.98. The van der Waals surface area contributed by atoms with Crippen molar-refractivity contribution < 1.29 is 4.92 Å². The summed E-state index contributed by atoms with van der Waals surface area (Å²) in [6.07, 6.45) is 2.31. The van der Waals surface area contributed by atoms with E-state index < -0.39 is 4.92 Å². The Balaban J connectivity index is 2.13. The van der Waals surface area contributed by atoms with Gasteiger partial charge < -0.3 is 10.6 Å². The molecule has 0 saturated carbocycles. The summed E-state index contributed by atoms with van der Waals surface area (Å²) in [7, 11) is 0. The zero-order chi connectivity index (χ0) is 11.7. The van der Waals surface area contributed by atoms with Gasteiger partial charge in [0.1, 0.15) is 6.20 Å². The maximum Gasteiger partial charge on any atom is 0.345 e. The molecular formula is C9H14N4O2S. The fourth-order valence-corrected chi connectivity index (χ4v) is 2.79. The van der Waals surface area contributed by atoms with Crippen molar-refractivity contribution in [3.05, 3.63) is 16.3 Å². The summed E-state index contributed by atoms with van der Waals surface area (Å²) in [5.41, 5.74) is 5.92. The fourth-order valence-electron chi connectivity index (χ4n) is 2.04. The number of piperidine rings is 1. The van der Waals surface area contributed by atoms with Crippen LogP contribution in [0.5, 0.6) is 0 Å². The highest BCUT2D eigenvalue weighted by molar-refractivity contribution is 7.18. The molecule has 16 heavy (non-hydrogen) atoms. The molecule has 1 fully saturated rings. The van der Waals surface area contributed by atoms with E-state index >= 15 is 0 Å². The van der Waals surface area contributed by atoms with Crippen molar-refractivity contribution in [1.29, 1.82) is 0 Å². The number of hydrogen-bond acceptors (Lipinski definition) is 6. The number of anilines is 1. The standard InChI is InChI=1S/C9H14N4O2S/c1-6-2-7(10)5-12(4-6)9-11-3-8(16-9)13(14)15/h3,6-7H,2,4-5,10H2,1H3. The maximum absolute atomic E-state index is 10.6. The molecule has 2 unspecified atom stereocenters. The molecule has 0 bridgehead atoms. The van der Waals surface area contributed by atoms with Crippen molar-refractivity contribution in [2.24, 2.45) is 11.7 Å². The minimum Gasteiger partial charge on any atom is -0.346 e. The third-order valence-electron chi connectivity index (χ3n) is 2.62. The van der Waals surface area contributed by atoms with Crippen LogP contribution in [0.3, 0.4) is 0 Å². The molecule has 6 nitrogen and oxygen atoms in total. The second-order valence-electron chi connectivity index (χ2n) is 4.24. The Kier molecular flexibility index (Phi) is 3.06. The number of hydrogen-bond donors (Lipinski definition) is 1. The number of rotatable bonds is 2. The number of nitro groups is 1. The van der Waals surface area contributed by atoms with Crippen LogP contribution in [0.15, 0.2) is 6.20 Å². The van der Waals surface area contributed by atoms with Gasteiger partial charge in [0.05, 0.1) is 4.92 Å². The summed E-state index contributed by atoms with van der Waals surface area (Å²) in [4.78, 5) is 16.3. The Bertz CT molecular complexity index is 385. The molecule has 0 amide bonds. The largest absolute Gasteiger partial charge is 0.346 e. The van der Waals surface area contributed by atoms with Crippen molar-refractivity contribution in [2.75, 3.05) is 18.0 Å². The molecule has 2 atom stereocenters. The predicted molar refractivity (Wildman–Crippen MR) is 62.7 cm³/mol. The molecule has 0 aromatic carbocycles. The lowest BCUT2D eigenvalue weighted by atomic mass is 9.97. The van der Waals surface area contributed by atoms with Crippen molar-refractivity contribution >= 4 is 21.5 Å². The molecule has 88 valence electrons. The second kappa shape index (κ2) is 4.34. The Morgan fingerprint density at radius 2 is 2.44 bits per heavy atom. The zero-order valence-corrected chi connectivity index (χ0v) is 9.81. The van der Waals surface area contributed by atoms with Gasteiger partial charge in [0.2, 0.25) is 0 Å². The number of aromatic nitrogens is 1. The van der Waals surface area contributed by atoms with E-state index in [1.807, 2.05) is 4.90 Å². The van der Waals surface area contributed by atoms with E-state index in [1.165, 1.54) is 6.20 Å². The van der Waals surface area contributed by atoms with E-state index in [0.717, 1.165) is 30.8 Å². The van der Waals surface area contributed by atoms with Crippen molar-refractivity contribution in [3.8, 4) is 0 Å². The van der Waals surface area contributed by atoms with Crippen LogP contribution in [0.25, 0.3) is 0 Å². The fraction of sp³-hybridized carbons (Fsp3) is 0.667. The van der Waals surface area contributed by atoms with Gasteiger partial charge in [-0.15, -0.1) is 0 Å². The van der Waals surface area contributed by atoms with E-state index in [9.17, 15) is 10.1 Å². The highest BCUT2D eigenvalue weighted by Crippen LogP contribution is 2.30. The van der Waals surface area contributed by atoms with Crippen molar-refractivity contribution in [2.45, 2.75) is 19.4 Å². The highest BCUT2D eigenvalue weighted by atomic mass is 32.1. The van der Waals surface area contributed by atoms with Crippen LogP contribution in [-0.4, -0.2) is 29.0 Å². The summed E-state index contributed by atoms with van der Waals surface area (Å²) in [6.45, 7) is 3.74. The molecule has 7 heteroatoms. The molecule has 0 radical (unpaired) electrons. The summed E-state index contributed by atoms with van der Waals surface area (Å²) >= 11 is 1.11. The number of nitrogens with zero attached hydrogens (tertiary/aromatic N) is 3. The van der Waals surface area contributed by atoms with E-state index in [0.29, 0.717) is 11.0 Å². The van der Waals surface area contributed by atoms with E-state index in [4.69, 9.17) is 5.73 Å². The van der Waals surface area contributed by atoms with E-state index in [2.05, 4.69) is 11.9 Å². The topological polar surface area (TPSA) is 85.3 Å². The molecular weight excluding hydrogens is 228 g/mol. The summed E-state index contributed by atoms with van der Waals surface area (Å²) in [5.74, 6) is 0.506. The molecule has 2 rings (SSSR count). The van der Waals surface area contributed by atoms with Crippen molar-refractivity contribution in [3.63, 3.8) is 0 Å². The second-order valence-corrected chi connectivity index (χ2v) is 5.23. The molecule has 2 N–H and O–H groups in total. The third kappa shape index (κ3) is 2.30. The highest BCUT2D eigenvalue weighted by Gasteiger charge is 2.25. The molecule has 2 heterocycles. The maximum atomic E-state index is 10.6. The smallest absolute Gasteiger partial charge is 0.345 e. The van der Waals surface area contributed by atoms with Crippen LogP contribution >= 0.6 is 11.3 Å². The van der Waals surface area contributed by atoms with Crippen LogP contribution in [0, 0.1) is 16.0 Å². The Morgan fingerprint density at radius 3 is 3.00 bits per heavy atom. The molecule has 1 aliphatic heterocycles. The Labute approximate surface area is 97.2 Å². The summed E-state index contributed by atoms with van der Waals surface area (Å²) in [6, 6.07) is 0.131. The average molecular weight is 242 g/mol. The van der Waals surface area contributed by atoms with E-state index in [-0.39, 0.29) is 11.0 Å². The van der Waals surface area contributed by atoms with Crippen LogP contribution in [0.2, 0.25) is 0 Å². The first-order valence-electron chi connectivity index (χ1n) is 5.17. The zero-order valence-electron chi connectivity index (χ0n) is 9.00. The lowest BCUT2D eigenvalue weighted by molar-refractivity contribution is -0.380. The van der Waals surface area contributed by atoms with Gasteiger partial charge in [-0.25, -0.2) is 4.98 Å². The molecule has 1 aromatic heterocycles. The molecule has 0 spiro atoms. The van der Waals surface area contributed by atoms with Gasteiger partial charge in [0.25, 0.3) is 0 Å². The molecule has 1 saturated heterocycles. The Morgan fingerprint density at radius 1 is 1.69 bits per heavy atom. The normalized spacial score (nSPS) is 25.8. The minimum atomic E-state index is -0.408. The Hall–Kier alpha value is -1.21. The lowest BCUT2D eigenvalue weighted by Gasteiger charge is -2.34. The minimum absolute atomic E-state index is 0.0850. The quantitative estimate of drug-likeness (QED) is 0.622. The average Bonchev–Trinajstić information content (AvgIpc) is 2.64. The van der Waals surface area contributed by atoms with Crippen LogP contribution in [-0.2, 0) is 0 Å². The first-order chi connectivity index (χ1) is 7.56.